The molecule has 9 heteroatoms. The number of nitrogens with zero attached hydrogens (tertiary/aromatic N) is 1. The van der Waals surface area contributed by atoms with Gasteiger partial charge >= 0.3 is 6.36 Å². The van der Waals surface area contributed by atoms with Gasteiger partial charge in [0.05, 0.1) is 10.9 Å². The number of rotatable bonds is 5. The summed E-state index contributed by atoms with van der Waals surface area (Å²) in [6.45, 7) is 0. The lowest BCUT2D eigenvalue weighted by atomic mass is 10.0. The largest absolute Gasteiger partial charge is 0.573 e. The van der Waals surface area contributed by atoms with E-state index in [-0.39, 0.29) is 5.69 Å². The second-order valence-corrected chi connectivity index (χ2v) is 6.32. The fourth-order valence-corrected chi connectivity index (χ4v) is 3.02. The molecule has 3 rings (SSSR count). The number of pyridine rings is 1. The number of hydrogen-bond donors (Lipinski definition) is 1. The van der Waals surface area contributed by atoms with Crippen LogP contribution in [0.15, 0.2) is 60.1 Å². The first-order chi connectivity index (χ1) is 12.8. The van der Waals surface area contributed by atoms with Crippen LogP contribution in [0, 0.1) is 5.82 Å². The van der Waals surface area contributed by atoms with Gasteiger partial charge in [0.25, 0.3) is 5.91 Å². The van der Waals surface area contributed by atoms with E-state index in [0.717, 1.165) is 12.1 Å². The predicted molar refractivity (Wildman–Crippen MR) is 90.9 cm³/mol. The molecule has 3 aromatic rings. The Balaban J connectivity index is 1.92. The highest BCUT2D eigenvalue weighted by atomic mass is 32.1. The minimum absolute atomic E-state index is 0.0492. The summed E-state index contributed by atoms with van der Waals surface area (Å²) in [6, 6.07) is 9.71. The van der Waals surface area contributed by atoms with Crippen LogP contribution in [0.4, 0.5) is 17.6 Å². The molecule has 2 aromatic heterocycles. The van der Waals surface area contributed by atoms with Crippen molar-refractivity contribution in [3.8, 4) is 5.75 Å². The van der Waals surface area contributed by atoms with Gasteiger partial charge in [-0.05, 0) is 41.3 Å². The Morgan fingerprint density at radius 1 is 1.11 bits per heavy atom. The van der Waals surface area contributed by atoms with Crippen molar-refractivity contribution in [1.29, 1.82) is 0 Å². The van der Waals surface area contributed by atoms with E-state index < -0.39 is 29.9 Å². The molecule has 0 aliphatic heterocycles. The van der Waals surface area contributed by atoms with Gasteiger partial charge in [0.15, 0.2) is 0 Å². The van der Waals surface area contributed by atoms with Crippen LogP contribution in [-0.4, -0.2) is 17.3 Å². The number of aromatic nitrogens is 1. The summed E-state index contributed by atoms with van der Waals surface area (Å²) in [4.78, 5) is 16.8. The molecule has 4 nitrogen and oxygen atoms in total. The van der Waals surface area contributed by atoms with Gasteiger partial charge in [-0.2, -0.15) is 0 Å². The molecule has 1 N–H and O–H groups in total. The zero-order chi connectivity index (χ0) is 19.4. The van der Waals surface area contributed by atoms with E-state index in [1.54, 1.807) is 17.5 Å². The summed E-state index contributed by atoms with van der Waals surface area (Å²) in [5, 5.41) is 4.38. The summed E-state index contributed by atoms with van der Waals surface area (Å²) >= 11 is 1.21. The Hall–Kier alpha value is -2.94. The van der Waals surface area contributed by atoms with E-state index in [1.165, 1.54) is 41.8 Å². The first kappa shape index (κ1) is 18.8. The number of carbonyl (C=O) groups excluding carboxylic acids is 1. The van der Waals surface area contributed by atoms with Gasteiger partial charge in [-0.3, -0.25) is 9.78 Å². The fourth-order valence-electron chi connectivity index (χ4n) is 2.39. The van der Waals surface area contributed by atoms with Crippen molar-refractivity contribution >= 4 is 17.2 Å². The summed E-state index contributed by atoms with van der Waals surface area (Å²) in [7, 11) is 0. The highest BCUT2D eigenvalue weighted by Gasteiger charge is 2.31. The molecule has 0 aliphatic carbocycles. The lowest BCUT2D eigenvalue weighted by Crippen LogP contribution is -2.30. The lowest BCUT2D eigenvalue weighted by Gasteiger charge is -2.19. The van der Waals surface area contributed by atoms with Gasteiger partial charge in [-0.25, -0.2) is 4.39 Å². The number of hydrogen-bond acceptors (Lipinski definition) is 4. The van der Waals surface area contributed by atoms with Crippen molar-refractivity contribution in [1.82, 2.24) is 10.3 Å². The molecular weight excluding hydrogens is 384 g/mol. The van der Waals surface area contributed by atoms with Gasteiger partial charge in [-0.15, -0.1) is 24.5 Å². The van der Waals surface area contributed by atoms with Gasteiger partial charge in [-0.1, -0.05) is 18.2 Å². The highest BCUT2D eigenvalue weighted by Crippen LogP contribution is 2.28. The van der Waals surface area contributed by atoms with Crippen molar-refractivity contribution < 1.29 is 27.1 Å². The van der Waals surface area contributed by atoms with E-state index in [4.69, 9.17) is 0 Å². The highest BCUT2D eigenvalue weighted by molar-refractivity contribution is 7.12. The first-order valence-electron chi connectivity index (χ1n) is 7.64. The zero-order valence-corrected chi connectivity index (χ0v) is 14.4. The molecular formula is C18H12F4N2O2S. The molecule has 1 amide bonds. The van der Waals surface area contributed by atoms with Crippen molar-refractivity contribution in [3.05, 3.63) is 82.1 Å². The fraction of sp³-hybridized carbons (Fsp3) is 0.111. The van der Waals surface area contributed by atoms with Crippen LogP contribution in [0.25, 0.3) is 0 Å². The first-order valence-corrected chi connectivity index (χ1v) is 8.52. The maximum Gasteiger partial charge on any atom is 0.573 e. The minimum atomic E-state index is -4.82. The molecule has 0 unspecified atom stereocenters. The Kier molecular flexibility index (Phi) is 5.41. The molecule has 0 saturated carbocycles. The van der Waals surface area contributed by atoms with E-state index >= 15 is 0 Å². The summed E-state index contributed by atoms with van der Waals surface area (Å²) < 4.78 is 55.0. The second-order valence-electron chi connectivity index (χ2n) is 5.37. The minimum Gasteiger partial charge on any atom is -0.406 e. The Morgan fingerprint density at radius 2 is 1.85 bits per heavy atom. The van der Waals surface area contributed by atoms with Gasteiger partial charge < -0.3 is 10.1 Å². The molecule has 1 aromatic carbocycles. The second kappa shape index (κ2) is 7.75. The van der Waals surface area contributed by atoms with Crippen LogP contribution in [0.1, 0.15) is 27.0 Å². The van der Waals surface area contributed by atoms with E-state index in [9.17, 15) is 22.4 Å². The van der Waals surface area contributed by atoms with Gasteiger partial charge in [0.2, 0.25) is 0 Å². The van der Waals surface area contributed by atoms with Crippen LogP contribution in [0.3, 0.4) is 0 Å². The number of halogens is 4. The molecule has 2 heterocycles. The third-order valence-corrected chi connectivity index (χ3v) is 4.40. The Labute approximate surface area is 155 Å². The maximum absolute atomic E-state index is 14.2. The molecule has 0 bridgehead atoms. The molecule has 1 atom stereocenters. The normalized spacial score (nSPS) is 12.4. The number of benzene rings is 1. The number of amides is 1. The number of nitrogens with one attached hydrogen (secondary N) is 1. The Morgan fingerprint density at radius 3 is 2.44 bits per heavy atom. The average molecular weight is 396 g/mol. The quantitative estimate of drug-likeness (QED) is 0.636. The maximum atomic E-state index is 14.2. The SMILES string of the molecule is O=C(N[C@@H](c1ccc(OC(F)(F)F)cc1)c1ncccc1F)c1cccs1. The smallest absolute Gasteiger partial charge is 0.406 e. The van der Waals surface area contributed by atoms with Crippen molar-refractivity contribution in [2.45, 2.75) is 12.4 Å². The number of thiophene rings is 1. The van der Waals surface area contributed by atoms with Crippen molar-refractivity contribution in [3.63, 3.8) is 0 Å². The topological polar surface area (TPSA) is 51.2 Å². The molecule has 0 aliphatic rings. The summed E-state index contributed by atoms with van der Waals surface area (Å²) in [5.74, 6) is -1.52. The number of ether oxygens (including phenoxy) is 1. The summed E-state index contributed by atoms with van der Waals surface area (Å²) in [6.07, 6.45) is -3.45. The molecule has 0 spiro atoms. The van der Waals surface area contributed by atoms with Crippen LogP contribution in [0.5, 0.6) is 5.75 Å². The van der Waals surface area contributed by atoms with Gasteiger partial charge in [0, 0.05) is 6.20 Å². The van der Waals surface area contributed by atoms with Crippen LogP contribution in [0.2, 0.25) is 0 Å². The molecule has 27 heavy (non-hydrogen) atoms. The van der Waals surface area contributed by atoms with E-state index in [0.29, 0.717) is 10.4 Å². The monoisotopic (exact) mass is 396 g/mol. The average Bonchev–Trinajstić information content (AvgIpc) is 3.14. The molecule has 0 saturated heterocycles. The van der Waals surface area contributed by atoms with Crippen molar-refractivity contribution in [2.75, 3.05) is 0 Å². The van der Waals surface area contributed by atoms with Crippen LogP contribution in [-0.2, 0) is 0 Å². The third-order valence-electron chi connectivity index (χ3n) is 3.53. The zero-order valence-electron chi connectivity index (χ0n) is 13.5. The predicted octanol–water partition coefficient (Wildman–Crippen LogP) is 4.70. The van der Waals surface area contributed by atoms with Gasteiger partial charge in [0.1, 0.15) is 17.3 Å². The molecule has 0 fully saturated rings. The number of carbonyl (C=O) groups is 1. The molecule has 0 radical (unpaired) electrons. The Bertz CT molecular complexity index is 912. The summed E-state index contributed by atoms with van der Waals surface area (Å²) in [5.41, 5.74) is 0.305. The van der Waals surface area contributed by atoms with Crippen LogP contribution >= 0.6 is 11.3 Å². The third kappa shape index (κ3) is 4.82. The standard InChI is InChI=1S/C18H12F4N2O2S/c19-13-3-1-9-23-16(13)15(24-17(25)14-4-2-10-27-14)11-5-7-12(8-6-11)26-18(20,21)22/h1-10,15H,(H,24,25)/t15-/m0/s1. The number of alkyl halides is 3. The molecule has 140 valence electrons. The van der Waals surface area contributed by atoms with E-state index in [1.807, 2.05) is 0 Å². The van der Waals surface area contributed by atoms with Crippen molar-refractivity contribution in [2.24, 2.45) is 0 Å². The van der Waals surface area contributed by atoms with Crippen LogP contribution < -0.4 is 10.1 Å². The van der Waals surface area contributed by atoms with E-state index in [2.05, 4.69) is 15.0 Å². The lowest BCUT2D eigenvalue weighted by molar-refractivity contribution is -0.274.